The van der Waals surface area contributed by atoms with Crippen LogP contribution >= 0.6 is 0 Å². The quantitative estimate of drug-likeness (QED) is 0.570. The Balaban J connectivity index is 1.99. The van der Waals surface area contributed by atoms with Crippen molar-refractivity contribution in [3.63, 3.8) is 0 Å². The van der Waals surface area contributed by atoms with Crippen molar-refractivity contribution in [3.8, 4) is 11.4 Å². The van der Waals surface area contributed by atoms with Crippen molar-refractivity contribution in [1.82, 2.24) is 20.3 Å². The summed E-state index contributed by atoms with van der Waals surface area (Å²) in [6, 6.07) is 11.4. The maximum atomic E-state index is 11.4. The van der Waals surface area contributed by atoms with Crippen molar-refractivity contribution in [1.29, 1.82) is 0 Å². The van der Waals surface area contributed by atoms with Gasteiger partial charge in [0.05, 0.1) is 5.69 Å². The molecule has 1 aromatic heterocycles. The summed E-state index contributed by atoms with van der Waals surface area (Å²) < 4.78 is 0. The van der Waals surface area contributed by atoms with E-state index in [1.165, 1.54) is 4.80 Å². The Morgan fingerprint density at radius 3 is 2.29 bits per heavy atom. The number of carbonyl (C=O) groups is 1. The maximum absolute atomic E-state index is 11.4. The van der Waals surface area contributed by atoms with Gasteiger partial charge < -0.3 is 15.7 Å². The second kappa shape index (κ2) is 7.88. The largest absolute Gasteiger partial charge is 0.505 e. The summed E-state index contributed by atoms with van der Waals surface area (Å²) in [6.07, 6.45) is 0.454. The molecule has 0 unspecified atom stereocenters. The van der Waals surface area contributed by atoms with E-state index in [9.17, 15) is 9.90 Å². The molecule has 7 heteroatoms. The van der Waals surface area contributed by atoms with Crippen molar-refractivity contribution in [2.75, 3.05) is 18.4 Å². The number of hydrogen-bond donors (Lipinski definition) is 3. The van der Waals surface area contributed by atoms with Crippen LogP contribution in [0.25, 0.3) is 16.7 Å². The molecule has 0 radical (unpaired) electrons. The summed E-state index contributed by atoms with van der Waals surface area (Å²) in [6.45, 7) is 8.97. The number of phenolic OH excluding ortho intramolecular Hbond substituents is 1. The molecule has 0 aliphatic rings. The van der Waals surface area contributed by atoms with Crippen LogP contribution in [-0.2, 0) is 10.2 Å². The summed E-state index contributed by atoms with van der Waals surface area (Å²) in [5.41, 5.74) is 3.29. The van der Waals surface area contributed by atoms with E-state index in [4.69, 9.17) is 0 Å². The smallest absolute Gasteiger partial charge is 0.219 e. The molecule has 0 spiro atoms. The molecule has 3 aromatic rings. The summed E-state index contributed by atoms with van der Waals surface area (Å²) in [5.74, 6) is 0.156. The molecule has 3 rings (SSSR count). The van der Waals surface area contributed by atoms with Gasteiger partial charge in [0.1, 0.15) is 16.8 Å². The first-order valence-electron chi connectivity index (χ1n) is 9.50. The topological polar surface area (TPSA) is 92.1 Å². The predicted octanol–water partition coefficient (Wildman–Crippen LogP) is 3.36. The lowest BCUT2D eigenvalue weighted by Crippen LogP contribution is -2.28. The van der Waals surface area contributed by atoms with Gasteiger partial charge in [-0.2, -0.15) is 0 Å². The number of aromatic nitrogens is 3. The highest BCUT2D eigenvalue weighted by Crippen LogP contribution is 2.39. The molecule has 28 heavy (non-hydrogen) atoms. The van der Waals surface area contributed by atoms with E-state index in [1.54, 1.807) is 0 Å². The van der Waals surface area contributed by atoms with E-state index < -0.39 is 0 Å². The van der Waals surface area contributed by atoms with E-state index in [-0.39, 0.29) is 17.1 Å². The summed E-state index contributed by atoms with van der Waals surface area (Å²) in [5, 5.41) is 26.2. The zero-order valence-corrected chi connectivity index (χ0v) is 16.8. The van der Waals surface area contributed by atoms with Crippen molar-refractivity contribution in [3.05, 3.63) is 42.0 Å². The molecule has 148 valence electrons. The fraction of sp³-hybridized carbons (Fsp3) is 0.381. The second-order valence-electron chi connectivity index (χ2n) is 7.72. The van der Waals surface area contributed by atoms with E-state index in [2.05, 4.69) is 20.8 Å². The van der Waals surface area contributed by atoms with E-state index >= 15 is 0 Å². The first-order valence-corrected chi connectivity index (χ1v) is 9.50. The highest BCUT2D eigenvalue weighted by molar-refractivity contribution is 5.76. The van der Waals surface area contributed by atoms with Crippen molar-refractivity contribution < 1.29 is 9.90 Å². The molecule has 2 aromatic carbocycles. The van der Waals surface area contributed by atoms with Crippen LogP contribution in [0.2, 0.25) is 0 Å². The molecular formula is C21H27N5O2. The maximum Gasteiger partial charge on any atom is 0.219 e. The van der Waals surface area contributed by atoms with Crippen LogP contribution in [0.4, 0.5) is 5.69 Å². The van der Waals surface area contributed by atoms with Gasteiger partial charge in [-0.05, 0) is 23.6 Å². The van der Waals surface area contributed by atoms with Crippen LogP contribution in [0.15, 0.2) is 36.4 Å². The average Bonchev–Trinajstić information content (AvgIpc) is 3.07. The number of fused-ring (bicyclic) bond motifs is 1. The first-order chi connectivity index (χ1) is 13.3. The number of benzene rings is 2. The summed E-state index contributed by atoms with van der Waals surface area (Å²) in [7, 11) is 0. The summed E-state index contributed by atoms with van der Waals surface area (Å²) in [4.78, 5) is 12.9. The number of aromatic hydroxyl groups is 1. The molecule has 3 N–H and O–H groups in total. The van der Waals surface area contributed by atoms with Crippen molar-refractivity contribution in [2.24, 2.45) is 0 Å². The minimum absolute atomic E-state index is 0.00736. The Morgan fingerprint density at radius 1 is 1.07 bits per heavy atom. The molecule has 1 amide bonds. The Labute approximate surface area is 164 Å². The third kappa shape index (κ3) is 4.08. The molecule has 0 fully saturated rings. The van der Waals surface area contributed by atoms with Gasteiger partial charge in [-0.1, -0.05) is 45.9 Å². The van der Waals surface area contributed by atoms with Crippen LogP contribution < -0.4 is 10.6 Å². The molecule has 7 nitrogen and oxygen atoms in total. The highest BCUT2D eigenvalue weighted by Gasteiger charge is 2.24. The number of rotatable bonds is 6. The third-order valence-electron chi connectivity index (χ3n) is 4.53. The standard InChI is InChI=1S/C21H27N5O2/c1-5-18(27)23-13-12-22-17-11-10-14(21(2,3)4)20(28)19(17)26-24-15-8-6-7-9-16(15)25-26/h6-11,22,28H,5,12-13H2,1-4H3,(H,23,27). The predicted molar refractivity (Wildman–Crippen MR) is 111 cm³/mol. The van der Waals surface area contributed by atoms with Crippen LogP contribution in [0, 0.1) is 0 Å². The molecule has 0 saturated carbocycles. The Hall–Kier alpha value is -3.09. The Morgan fingerprint density at radius 2 is 1.71 bits per heavy atom. The van der Waals surface area contributed by atoms with Gasteiger partial charge in [0.15, 0.2) is 5.69 Å². The van der Waals surface area contributed by atoms with E-state index in [0.717, 1.165) is 16.6 Å². The van der Waals surface area contributed by atoms with Crippen LogP contribution in [0.5, 0.6) is 5.75 Å². The molecule has 0 atom stereocenters. The average molecular weight is 381 g/mol. The SMILES string of the molecule is CCC(=O)NCCNc1ccc(C(C)(C)C)c(O)c1-n1nc2ccccc2n1. The summed E-state index contributed by atoms with van der Waals surface area (Å²) >= 11 is 0. The lowest BCUT2D eigenvalue weighted by Gasteiger charge is -2.23. The number of hydrogen-bond acceptors (Lipinski definition) is 5. The highest BCUT2D eigenvalue weighted by atomic mass is 16.3. The van der Waals surface area contributed by atoms with Gasteiger partial charge in [-0.15, -0.1) is 15.0 Å². The van der Waals surface area contributed by atoms with Crippen molar-refractivity contribution in [2.45, 2.75) is 39.5 Å². The first kappa shape index (κ1) is 19.7. The monoisotopic (exact) mass is 381 g/mol. The van der Waals surface area contributed by atoms with E-state index in [0.29, 0.717) is 30.9 Å². The van der Waals surface area contributed by atoms with Gasteiger partial charge in [0, 0.05) is 25.1 Å². The van der Waals surface area contributed by atoms with Gasteiger partial charge in [0.25, 0.3) is 0 Å². The van der Waals surface area contributed by atoms with Crippen LogP contribution in [0.3, 0.4) is 0 Å². The zero-order chi connectivity index (χ0) is 20.3. The lowest BCUT2D eigenvalue weighted by atomic mass is 9.85. The Kier molecular flexibility index (Phi) is 5.53. The number of nitrogens with one attached hydrogen (secondary N) is 2. The van der Waals surface area contributed by atoms with E-state index in [1.807, 2.05) is 64.1 Å². The molecule has 0 saturated heterocycles. The van der Waals surface area contributed by atoms with Gasteiger partial charge in [-0.3, -0.25) is 4.79 Å². The zero-order valence-electron chi connectivity index (χ0n) is 16.8. The fourth-order valence-corrected chi connectivity index (χ4v) is 3.01. The minimum atomic E-state index is -0.237. The number of phenols is 1. The van der Waals surface area contributed by atoms with Crippen LogP contribution in [0.1, 0.15) is 39.7 Å². The molecule has 0 bridgehead atoms. The number of nitrogens with zero attached hydrogens (tertiary/aromatic N) is 3. The molecule has 0 aliphatic carbocycles. The normalized spacial score (nSPS) is 11.6. The van der Waals surface area contributed by atoms with Crippen LogP contribution in [-0.4, -0.2) is 39.1 Å². The third-order valence-corrected chi connectivity index (χ3v) is 4.53. The number of carbonyl (C=O) groups excluding carboxylic acids is 1. The molecular weight excluding hydrogens is 354 g/mol. The fourth-order valence-electron chi connectivity index (χ4n) is 3.01. The number of anilines is 1. The van der Waals surface area contributed by atoms with Gasteiger partial charge >= 0.3 is 0 Å². The Bertz CT molecular complexity index is 955. The number of amides is 1. The second-order valence-corrected chi connectivity index (χ2v) is 7.72. The van der Waals surface area contributed by atoms with Gasteiger partial charge in [0.2, 0.25) is 5.91 Å². The lowest BCUT2D eigenvalue weighted by molar-refractivity contribution is -0.120. The minimum Gasteiger partial charge on any atom is -0.505 e. The van der Waals surface area contributed by atoms with Gasteiger partial charge in [-0.25, -0.2) is 0 Å². The molecule has 1 heterocycles. The molecule has 0 aliphatic heterocycles. The van der Waals surface area contributed by atoms with Crippen molar-refractivity contribution >= 4 is 22.6 Å².